The van der Waals surface area contributed by atoms with E-state index in [9.17, 15) is 0 Å². The van der Waals surface area contributed by atoms with Crippen molar-refractivity contribution in [1.29, 1.82) is 5.26 Å². The normalized spacial score (nSPS) is 14.7. The monoisotopic (exact) mass is 282 g/mol. The number of fused-ring (bicyclic) bond motifs is 1. The lowest BCUT2D eigenvalue weighted by Crippen LogP contribution is -2.31. The van der Waals surface area contributed by atoms with Crippen molar-refractivity contribution in [3.63, 3.8) is 0 Å². The number of nitrogens with two attached hydrogens (primary N) is 1. The zero-order valence-corrected chi connectivity index (χ0v) is 12.3. The number of nitriles is 1. The van der Waals surface area contributed by atoms with Crippen LogP contribution in [0.15, 0.2) is 12.3 Å². The SMILES string of the molecule is Cc1c(CN2CCc3nc(N)ncc3C2)cc(C#N)n1C. The Bertz CT molecular complexity index is 724. The minimum absolute atomic E-state index is 0.347. The minimum atomic E-state index is 0.347. The maximum atomic E-state index is 9.11. The quantitative estimate of drug-likeness (QED) is 0.892. The van der Waals surface area contributed by atoms with E-state index in [1.54, 1.807) is 0 Å². The molecule has 0 aromatic carbocycles. The topological polar surface area (TPSA) is 83.8 Å². The summed E-state index contributed by atoms with van der Waals surface area (Å²) in [5.74, 6) is 0.347. The summed E-state index contributed by atoms with van der Waals surface area (Å²) in [4.78, 5) is 10.7. The lowest BCUT2D eigenvalue weighted by molar-refractivity contribution is 0.242. The van der Waals surface area contributed by atoms with E-state index in [2.05, 4.69) is 27.9 Å². The van der Waals surface area contributed by atoms with E-state index in [-0.39, 0.29) is 0 Å². The molecule has 0 saturated heterocycles. The molecular weight excluding hydrogens is 264 g/mol. The second-order valence-electron chi connectivity index (χ2n) is 5.47. The molecule has 0 aliphatic carbocycles. The lowest BCUT2D eigenvalue weighted by atomic mass is 10.1. The highest BCUT2D eigenvalue weighted by molar-refractivity contribution is 5.34. The highest BCUT2D eigenvalue weighted by Crippen LogP contribution is 2.21. The molecule has 0 spiro atoms. The summed E-state index contributed by atoms with van der Waals surface area (Å²) in [6, 6.07) is 4.20. The van der Waals surface area contributed by atoms with Gasteiger partial charge in [0.05, 0.1) is 5.69 Å². The molecule has 2 aromatic rings. The third-order valence-corrected chi connectivity index (χ3v) is 4.18. The van der Waals surface area contributed by atoms with E-state index in [4.69, 9.17) is 11.0 Å². The first-order valence-corrected chi connectivity index (χ1v) is 6.96. The first-order valence-electron chi connectivity index (χ1n) is 6.96. The van der Waals surface area contributed by atoms with Crippen LogP contribution in [0.4, 0.5) is 5.95 Å². The van der Waals surface area contributed by atoms with Gasteiger partial charge in [-0.1, -0.05) is 0 Å². The molecule has 0 bridgehead atoms. The predicted octanol–water partition coefficient (Wildman–Crippen LogP) is 1.14. The summed E-state index contributed by atoms with van der Waals surface area (Å²) in [6.07, 6.45) is 2.71. The molecule has 1 aliphatic rings. The van der Waals surface area contributed by atoms with Crippen LogP contribution < -0.4 is 5.73 Å². The van der Waals surface area contributed by atoms with Crippen LogP contribution in [-0.2, 0) is 26.6 Å². The van der Waals surface area contributed by atoms with E-state index in [1.807, 2.05) is 23.9 Å². The van der Waals surface area contributed by atoms with Crippen LogP contribution in [0.5, 0.6) is 0 Å². The van der Waals surface area contributed by atoms with Crippen LogP contribution in [0.2, 0.25) is 0 Å². The summed E-state index contributed by atoms with van der Waals surface area (Å²) in [6.45, 7) is 4.66. The second kappa shape index (κ2) is 5.19. The zero-order valence-electron chi connectivity index (χ0n) is 12.3. The van der Waals surface area contributed by atoms with Gasteiger partial charge in [0.15, 0.2) is 0 Å². The Labute approximate surface area is 123 Å². The molecule has 0 radical (unpaired) electrons. The van der Waals surface area contributed by atoms with Gasteiger partial charge in [0.25, 0.3) is 0 Å². The summed E-state index contributed by atoms with van der Waals surface area (Å²) >= 11 is 0. The van der Waals surface area contributed by atoms with Crippen LogP contribution in [0.3, 0.4) is 0 Å². The van der Waals surface area contributed by atoms with Gasteiger partial charge in [-0.3, -0.25) is 4.90 Å². The minimum Gasteiger partial charge on any atom is -0.368 e. The maximum Gasteiger partial charge on any atom is 0.220 e. The molecule has 0 atom stereocenters. The number of anilines is 1. The number of hydrogen-bond donors (Lipinski definition) is 1. The third-order valence-electron chi connectivity index (χ3n) is 4.18. The fraction of sp³-hybridized carbons (Fsp3) is 0.400. The molecule has 3 rings (SSSR count). The van der Waals surface area contributed by atoms with E-state index in [1.165, 1.54) is 5.56 Å². The molecule has 0 amide bonds. The summed E-state index contributed by atoms with van der Waals surface area (Å²) in [7, 11) is 1.93. The molecular formula is C15H18N6. The van der Waals surface area contributed by atoms with Gasteiger partial charge in [-0.2, -0.15) is 5.26 Å². The average molecular weight is 282 g/mol. The van der Waals surface area contributed by atoms with Crippen LogP contribution in [0.1, 0.15) is 28.2 Å². The molecule has 2 aromatic heterocycles. The smallest absolute Gasteiger partial charge is 0.220 e. The van der Waals surface area contributed by atoms with Crippen LogP contribution >= 0.6 is 0 Å². The van der Waals surface area contributed by atoms with Gasteiger partial charge >= 0.3 is 0 Å². The van der Waals surface area contributed by atoms with Crippen LogP contribution in [0, 0.1) is 18.3 Å². The highest BCUT2D eigenvalue weighted by atomic mass is 15.1. The molecule has 0 unspecified atom stereocenters. The van der Waals surface area contributed by atoms with Gasteiger partial charge in [-0.15, -0.1) is 0 Å². The van der Waals surface area contributed by atoms with Crippen molar-refractivity contribution >= 4 is 5.95 Å². The number of nitrogen functional groups attached to an aromatic ring is 1. The molecule has 6 nitrogen and oxygen atoms in total. The van der Waals surface area contributed by atoms with Crippen molar-refractivity contribution in [3.8, 4) is 6.07 Å². The summed E-state index contributed by atoms with van der Waals surface area (Å²) in [5.41, 5.74) is 10.9. The molecule has 0 saturated carbocycles. The van der Waals surface area contributed by atoms with Crippen molar-refractivity contribution in [3.05, 3.63) is 40.5 Å². The van der Waals surface area contributed by atoms with Gasteiger partial charge < -0.3 is 10.3 Å². The van der Waals surface area contributed by atoms with E-state index >= 15 is 0 Å². The molecule has 6 heteroatoms. The second-order valence-corrected chi connectivity index (χ2v) is 5.47. The molecule has 0 fully saturated rings. The van der Waals surface area contributed by atoms with Crippen molar-refractivity contribution < 1.29 is 0 Å². The molecule has 1 aliphatic heterocycles. The van der Waals surface area contributed by atoms with Crippen molar-refractivity contribution in [1.82, 2.24) is 19.4 Å². The molecule has 21 heavy (non-hydrogen) atoms. The zero-order chi connectivity index (χ0) is 15.0. The molecule has 2 N–H and O–H groups in total. The van der Waals surface area contributed by atoms with Gasteiger partial charge in [0, 0.05) is 50.6 Å². The highest BCUT2D eigenvalue weighted by Gasteiger charge is 2.20. The Morgan fingerprint density at radius 2 is 2.29 bits per heavy atom. The van der Waals surface area contributed by atoms with Crippen molar-refractivity contribution in [2.45, 2.75) is 26.4 Å². The maximum absolute atomic E-state index is 9.11. The van der Waals surface area contributed by atoms with Gasteiger partial charge in [-0.25, -0.2) is 9.97 Å². The average Bonchev–Trinajstić information content (AvgIpc) is 2.75. The third kappa shape index (κ3) is 2.48. The summed E-state index contributed by atoms with van der Waals surface area (Å²) < 4.78 is 1.94. The van der Waals surface area contributed by atoms with Gasteiger partial charge in [0.1, 0.15) is 11.8 Å². The van der Waals surface area contributed by atoms with Gasteiger partial charge in [-0.05, 0) is 18.6 Å². The fourth-order valence-corrected chi connectivity index (χ4v) is 2.80. The van der Waals surface area contributed by atoms with E-state index < -0.39 is 0 Å². The summed E-state index contributed by atoms with van der Waals surface area (Å²) in [5, 5.41) is 9.11. The van der Waals surface area contributed by atoms with Gasteiger partial charge in [0.2, 0.25) is 5.95 Å². The number of aromatic nitrogens is 3. The van der Waals surface area contributed by atoms with Crippen LogP contribution in [0.25, 0.3) is 0 Å². The van der Waals surface area contributed by atoms with Crippen molar-refractivity contribution in [2.24, 2.45) is 7.05 Å². The first-order chi connectivity index (χ1) is 10.1. The van der Waals surface area contributed by atoms with E-state index in [0.717, 1.165) is 43.0 Å². The van der Waals surface area contributed by atoms with Crippen LogP contribution in [-0.4, -0.2) is 26.0 Å². The number of rotatable bonds is 2. The first kappa shape index (κ1) is 13.6. The largest absolute Gasteiger partial charge is 0.368 e. The van der Waals surface area contributed by atoms with E-state index in [0.29, 0.717) is 11.6 Å². The Morgan fingerprint density at radius 3 is 3.00 bits per heavy atom. The number of hydrogen-bond acceptors (Lipinski definition) is 5. The molecule has 3 heterocycles. The molecule has 108 valence electrons. The Kier molecular flexibility index (Phi) is 3.35. The van der Waals surface area contributed by atoms with Crippen molar-refractivity contribution in [2.75, 3.05) is 12.3 Å². The predicted molar refractivity (Wildman–Crippen MR) is 79.1 cm³/mol. The Balaban J connectivity index is 1.79. The fourth-order valence-electron chi connectivity index (χ4n) is 2.80. The standard InChI is InChI=1S/C15H18N6/c1-10-11(5-13(6-16)20(10)2)8-21-4-3-14-12(9-21)7-18-15(17)19-14/h5,7H,3-4,8-9H2,1-2H3,(H2,17,18,19). The lowest BCUT2D eigenvalue weighted by Gasteiger charge is -2.27. The Hall–Kier alpha value is -2.39. The Morgan fingerprint density at radius 1 is 1.48 bits per heavy atom. The number of nitrogens with zero attached hydrogens (tertiary/aromatic N) is 5.